The van der Waals surface area contributed by atoms with Crippen LogP contribution in [0.4, 0.5) is 0 Å². The van der Waals surface area contributed by atoms with E-state index in [2.05, 4.69) is 0 Å². The highest BCUT2D eigenvalue weighted by molar-refractivity contribution is 8.00. The normalized spacial score (nSPS) is 11.5. The summed E-state index contributed by atoms with van der Waals surface area (Å²) in [5.74, 6) is 1.53. The van der Waals surface area contributed by atoms with Crippen LogP contribution in [-0.4, -0.2) is 41.4 Å². The predicted octanol–water partition coefficient (Wildman–Crippen LogP) is 0.935. The number of carbonyl (C=O) groups is 1. The standard InChI is InChI=1S/C9H20N2OS/c1-5-11(4)8(12)6-13-7-9(2,3)10/h5-7,10H2,1-4H3. The van der Waals surface area contributed by atoms with Gasteiger partial charge in [0, 0.05) is 24.9 Å². The SMILES string of the molecule is CCN(C)C(=O)CSCC(C)(C)N. The smallest absolute Gasteiger partial charge is 0.232 e. The summed E-state index contributed by atoms with van der Waals surface area (Å²) < 4.78 is 0. The molecule has 0 aliphatic heterocycles. The molecule has 0 saturated carbocycles. The Morgan fingerprint density at radius 2 is 2.08 bits per heavy atom. The van der Waals surface area contributed by atoms with Crippen molar-refractivity contribution in [2.75, 3.05) is 25.1 Å². The van der Waals surface area contributed by atoms with Crippen LogP contribution in [0.1, 0.15) is 20.8 Å². The third-order valence-electron chi connectivity index (χ3n) is 1.60. The fourth-order valence-electron chi connectivity index (χ4n) is 0.688. The van der Waals surface area contributed by atoms with Gasteiger partial charge in [-0.25, -0.2) is 0 Å². The summed E-state index contributed by atoms with van der Waals surface area (Å²) in [6, 6.07) is 0. The Morgan fingerprint density at radius 1 is 1.54 bits per heavy atom. The maximum Gasteiger partial charge on any atom is 0.232 e. The lowest BCUT2D eigenvalue weighted by Crippen LogP contribution is -2.36. The zero-order valence-corrected chi connectivity index (χ0v) is 9.78. The highest BCUT2D eigenvalue weighted by Crippen LogP contribution is 2.09. The summed E-state index contributed by atoms with van der Waals surface area (Å²) in [4.78, 5) is 13.0. The summed E-state index contributed by atoms with van der Waals surface area (Å²) in [6.45, 7) is 6.67. The quantitative estimate of drug-likeness (QED) is 0.725. The fraction of sp³-hybridized carbons (Fsp3) is 0.889. The number of hydrogen-bond acceptors (Lipinski definition) is 3. The molecule has 0 atom stereocenters. The Hall–Kier alpha value is -0.220. The average molecular weight is 204 g/mol. The van der Waals surface area contributed by atoms with Crippen molar-refractivity contribution >= 4 is 17.7 Å². The zero-order chi connectivity index (χ0) is 10.5. The Morgan fingerprint density at radius 3 is 2.46 bits per heavy atom. The lowest BCUT2D eigenvalue weighted by Gasteiger charge is -2.19. The van der Waals surface area contributed by atoms with E-state index in [0.29, 0.717) is 5.75 Å². The van der Waals surface area contributed by atoms with Crippen molar-refractivity contribution in [1.29, 1.82) is 0 Å². The second kappa shape index (κ2) is 5.50. The maximum atomic E-state index is 11.3. The van der Waals surface area contributed by atoms with Crippen molar-refractivity contribution in [2.24, 2.45) is 5.73 Å². The van der Waals surface area contributed by atoms with E-state index >= 15 is 0 Å². The molecular weight excluding hydrogens is 184 g/mol. The molecule has 0 heterocycles. The van der Waals surface area contributed by atoms with Crippen LogP contribution in [-0.2, 0) is 4.79 Å². The van der Waals surface area contributed by atoms with Gasteiger partial charge in [-0.3, -0.25) is 4.79 Å². The number of carbonyl (C=O) groups excluding carboxylic acids is 1. The fourth-order valence-corrected chi connectivity index (χ4v) is 1.71. The molecule has 13 heavy (non-hydrogen) atoms. The van der Waals surface area contributed by atoms with Gasteiger partial charge >= 0.3 is 0 Å². The summed E-state index contributed by atoms with van der Waals surface area (Å²) in [6.07, 6.45) is 0. The third kappa shape index (κ3) is 6.90. The summed E-state index contributed by atoms with van der Waals surface area (Å²) >= 11 is 1.60. The Labute approximate surface area is 85.0 Å². The van der Waals surface area contributed by atoms with Gasteiger partial charge in [0.15, 0.2) is 0 Å². The van der Waals surface area contributed by atoms with Crippen LogP contribution < -0.4 is 5.73 Å². The van der Waals surface area contributed by atoms with Gasteiger partial charge in [0.1, 0.15) is 0 Å². The first-order valence-electron chi connectivity index (χ1n) is 4.47. The van der Waals surface area contributed by atoms with E-state index in [4.69, 9.17) is 5.73 Å². The number of nitrogens with two attached hydrogens (primary N) is 1. The summed E-state index contributed by atoms with van der Waals surface area (Å²) in [7, 11) is 1.82. The van der Waals surface area contributed by atoms with Crippen LogP contribution in [0, 0.1) is 0 Å². The molecular formula is C9H20N2OS. The molecule has 0 aliphatic carbocycles. The highest BCUT2D eigenvalue weighted by atomic mass is 32.2. The molecule has 0 saturated heterocycles. The van der Waals surface area contributed by atoms with Crippen LogP contribution in [0.2, 0.25) is 0 Å². The van der Waals surface area contributed by atoms with Crippen LogP contribution in [0.25, 0.3) is 0 Å². The van der Waals surface area contributed by atoms with Crippen LogP contribution >= 0.6 is 11.8 Å². The minimum Gasteiger partial charge on any atom is -0.345 e. The van der Waals surface area contributed by atoms with E-state index in [0.717, 1.165) is 12.3 Å². The molecule has 0 aromatic heterocycles. The lowest BCUT2D eigenvalue weighted by atomic mass is 10.1. The van der Waals surface area contributed by atoms with E-state index in [-0.39, 0.29) is 11.4 Å². The number of rotatable bonds is 5. The van der Waals surface area contributed by atoms with E-state index < -0.39 is 0 Å². The van der Waals surface area contributed by atoms with Crippen molar-refractivity contribution in [2.45, 2.75) is 26.3 Å². The molecule has 0 aromatic rings. The van der Waals surface area contributed by atoms with Gasteiger partial charge in [0.25, 0.3) is 0 Å². The molecule has 3 nitrogen and oxygen atoms in total. The lowest BCUT2D eigenvalue weighted by molar-refractivity contribution is -0.126. The first-order valence-corrected chi connectivity index (χ1v) is 5.63. The zero-order valence-electron chi connectivity index (χ0n) is 8.96. The molecule has 0 aromatic carbocycles. The van der Waals surface area contributed by atoms with E-state index in [1.807, 2.05) is 27.8 Å². The molecule has 1 amide bonds. The molecule has 2 N–H and O–H groups in total. The summed E-state index contributed by atoms with van der Waals surface area (Å²) in [5.41, 5.74) is 5.60. The average Bonchev–Trinajstić information content (AvgIpc) is 2.00. The van der Waals surface area contributed by atoms with Crippen molar-refractivity contribution < 1.29 is 4.79 Å². The second-order valence-corrected chi connectivity index (χ2v) is 4.87. The first kappa shape index (κ1) is 12.8. The Kier molecular flexibility index (Phi) is 5.40. The van der Waals surface area contributed by atoms with Crippen molar-refractivity contribution in [1.82, 2.24) is 4.90 Å². The Balaban J connectivity index is 3.60. The number of nitrogens with zero attached hydrogens (tertiary/aromatic N) is 1. The van der Waals surface area contributed by atoms with Gasteiger partial charge < -0.3 is 10.6 Å². The van der Waals surface area contributed by atoms with Gasteiger partial charge in [-0.05, 0) is 20.8 Å². The molecule has 78 valence electrons. The van der Waals surface area contributed by atoms with Crippen molar-refractivity contribution in [3.63, 3.8) is 0 Å². The maximum absolute atomic E-state index is 11.3. The molecule has 0 unspecified atom stereocenters. The second-order valence-electron chi connectivity index (χ2n) is 3.89. The summed E-state index contributed by atoms with van der Waals surface area (Å²) in [5, 5.41) is 0. The van der Waals surface area contributed by atoms with E-state index in [1.54, 1.807) is 16.7 Å². The molecule has 0 spiro atoms. The first-order chi connectivity index (χ1) is 5.87. The molecule has 0 fully saturated rings. The van der Waals surface area contributed by atoms with Gasteiger partial charge in [-0.15, -0.1) is 0 Å². The molecule has 0 radical (unpaired) electrons. The minimum absolute atomic E-state index is 0.178. The van der Waals surface area contributed by atoms with Gasteiger partial charge in [0.2, 0.25) is 5.91 Å². The molecule has 0 bridgehead atoms. The van der Waals surface area contributed by atoms with E-state index in [1.165, 1.54) is 0 Å². The number of amides is 1. The molecule has 0 rings (SSSR count). The predicted molar refractivity (Wildman–Crippen MR) is 58.9 cm³/mol. The van der Waals surface area contributed by atoms with Crippen molar-refractivity contribution in [3.8, 4) is 0 Å². The van der Waals surface area contributed by atoms with Crippen molar-refractivity contribution in [3.05, 3.63) is 0 Å². The molecule has 4 heteroatoms. The largest absolute Gasteiger partial charge is 0.345 e. The van der Waals surface area contributed by atoms with Crippen LogP contribution in [0.5, 0.6) is 0 Å². The monoisotopic (exact) mass is 204 g/mol. The third-order valence-corrected chi connectivity index (χ3v) is 3.00. The highest BCUT2D eigenvalue weighted by Gasteiger charge is 2.12. The van der Waals surface area contributed by atoms with Crippen LogP contribution in [0.3, 0.4) is 0 Å². The van der Waals surface area contributed by atoms with Gasteiger partial charge in [-0.1, -0.05) is 0 Å². The topological polar surface area (TPSA) is 46.3 Å². The van der Waals surface area contributed by atoms with E-state index in [9.17, 15) is 4.79 Å². The molecule has 0 aliphatic rings. The van der Waals surface area contributed by atoms with Crippen LogP contribution in [0.15, 0.2) is 0 Å². The number of hydrogen-bond donors (Lipinski definition) is 1. The van der Waals surface area contributed by atoms with Gasteiger partial charge in [0.05, 0.1) is 5.75 Å². The van der Waals surface area contributed by atoms with Gasteiger partial charge in [-0.2, -0.15) is 11.8 Å². The Bertz CT molecular complexity index is 165. The number of thioether (sulfide) groups is 1. The minimum atomic E-state index is -0.185.